The molecule has 0 unspecified atom stereocenters. The van der Waals surface area contributed by atoms with Gasteiger partial charge in [-0.1, -0.05) is 25.0 Å². The van der Waals surface area contributed by atoms with Gasteiger partial charge in [0.25, 0.3) is 5.91 Å². The Labute approximate surface area is 147 Å². The summed E-state index contributed by atoms with van der Waals surface area (Å²) >= 11 is 12.2. The lowest BCUT2D eigenvalue weighted by Crippen LogP contribution is -2.49. The molecule has 0 bridgehead atoms. The molecule has 3 rings (SSSR count). The lowest BCUT2D eigenvalue weighted by atomic mass is 10.1. The number of ether oxygens (including phenoxy) is 1. The van der Waals surface area contributed by atoms with Gasteiger partial charge in [-0.2, -0.15) is 0 Å². The van der Waals surface area contributed by atoms with E-state index in [2.05, 4.69) is 5.32 Å². The third kappa shape index (κ3) is 3.95. The number of hydrogen-bond donors (Lipinski definition) is 1. The SMILES string of the molecule is CC(C)(Oc1ccc([C@H]2CC2(Cl)Cl)cc1)C(=O)NC1CCCC1. The summed E-state index contributed by atoms with van der Waals surface area (Å²) in [7, 11) is 0. The minimum atomic E-state index is -0.896. The van der Waals surface area contributed by atoms with Crippen LogP contribution >= 0.6 is 23.2 Å². The highest BCUT2D eigenvalue weighted by atomic mass is 35.5. The zero-order chi connectivity index (χ0) is 16.7. The van der Waals surface area contributed by atoms with E-state index in [1.165, 1.54) is 12.8 Å². The van der Waals surface area contributed by atoms with Crippen molar-refractivity contribution in [3.05, 3.63) is 29.8 Å². The van der Waals surface area contributed by atoms with Gasteiger partial charge in [0.05, 0.1) is 0 Å². The molecule has 0 heterocycles. The Hall–Kier alpha value is -0.930. The molecular weight excluding hydrogens is 333 g/mol. The van der Waals surface area contributed by atoms with Crippen LogP contribution in [0.2, 0.25) is 0 Å². The van der Waals surface area contributed by atoms with Gasteiger partial charge in [-0.3, -0.25) is 4.79 Å². The molecule has 0 spiro atoms. The summed E-state index contributed by atoms with van der Waals surface area (Å²) in [5.41, 5.74) is 0.211. The van der Waals surface area contributed by atoms with Gasteiger partial charge in [-0.15, -0.1) is 23.2 Å². The van der Waals surface area contributed by atoms with E-state index >= 15 is 0 Å². The molecule has 3 nitrogen and oxygen atoms in total. The van der Waals surface area contributed by atoms with E-state index in [9.17, 15) is 4.79 Å². The predicted molar refractivity (Wildman–Crippen MR) is 93.3 cm³/mol. The second-order valence-corrected chi connectivity index (χ2v) is 8.70. The molecular formula is C18H23Cl2NO2. The number of halogens is 2. The monoisotopic (exact) mass is 355 g/mol. The van der Waals surface area contributed by atoms with Crippen LogP contribution in [0.3, 0.4) is 0 Å². The Morgan fingerprint density at radius 3 is 2.30 bits per heavy atom. The van der Waals surface area contributed by atoms with E-state index in [1.54, 1.807) is 13.8 Å². The van der Waals surface area contributed by atoms with E-state index < -0.39 is 9.93 Å². The molecule has 0 saturated heterocycles. The van der Waals surface area contributed by atoms with E-state index in [0.717, 1.165) is 24.8 Å². The first-order valence-electron chi connectivity index (χ1n) is 8.26. The molecule has 2 saturated carbocycles. The van der Waals surface area contributed by atoms with Crippen LogP contribution in [-0.4, -0.2) is 21.9 Å². The predicted octanol–water partition coefficient (Wildman–Crippen LogP) is 4.56. The van der Waals surface area contributed by atoms with Crippen molar-refractivity contribution in [2.45, 2.75) is 67.8 Å². The van der Waals surface area contributed by atoms with Gasteiger partial charge in [-0.05, 0) is 50.8 Å². The smallest absolute Gasteiger partial charge is 0.263 e. The number of carbonyl (C=O) groups is 1. The number of amides is 1. The van der Waals surface area contributed by atoms with Crippen LogP contribution < -0.4 is 10.1 Å². The van der Waals surface area contributed by atoms with Gasteiger partial charge in [0.2, 0.25) is 0 Å². The second-order valence-electron chi connectivity index (χ2n) is 7.15. The molecule has 2 fully saturated rings. The second kappa shape index (κ2) is 6.18. The molecule has 0 radical (unpaired) electrons. The van der Waals surface area contributed by atoms with Crippen molar-refractivity contribution in [2.75, 3.05) is 0 Å². The highest BCUT2D eigenvalue weighted by molar-refractivity contribution is 6.51. The molecule has 1 aromatic rings. The zero-order valence-electron chi connectivity index (χ0n) is 13.6. The first-order chi connectivity index (χ1) is 10.8. The minimum Gasteiger partial charge on any atom is -0.478 e. The fraction of sp³-hybridized carbons (Fsp3) is 0.611. The lowest BCUT2D eigenvalue weighted by molar-refractivity contribution is -0.134. The highest BCUT2D eigenvalue weighted by Gasteiger charge is 2.52. The number of benzene rings is 1. The molecule has 1 atom stereocenters. The van der Waals surface area contributed by atoms with Gasteiger partial charge < -0.3 is 10.1 Å². The van der Waals surface area contributed by atoms with Crippen molar-refractivity contribution in [2.24, 2.45) is 0 Å². The first-order valence-corrected chi connectivity index (χ1v) is 9.01. The standard InChI is InChI=1S/C18H23Cl2NO2/c1-17(2,16(22)21-13-5-3-4-6-13)23-14-9-7-12(8-10-14)15-11-18(15,19)20/h7-10,13,15H,3-6,11H2,1-2H3,(H,21,22)/t15-/m1/s1. The highest BCUT2D eigenvalue weighted by Crippen LogP contribution is 2.59. The van der Waals surface area contributed by atoms with Crippen LogP contribution in [0.4, 0.5) is 0 Å². The molecule has 1 N–H and O–H groups in total. The van der Waals surface area contributed by atoms with Crippen LogP contribution in [0.1, 0.15) is 57.4 Å². The lowest BCUT2D eigenvalue weighted by Gasteiger charge is -2.27. The van der Waals surface area contributed by atoms with E-state index in [0.29, 0.717) is 11.8 Å². The molecule has 2 aliphatic carbocycles. The van der Waals surface area contributed by atoms with Crippen molar-refractivity contribution in [1.82, 2.24) is 5.32 Å². The zero-order valence-corrected chi connectivity index (χ0v) is 15.1. The third-order valence-electron chi connectivity index (χ3n) is 4.72. The third-order valence-corrected chi connectivity index (χ3v) is 5.55. The van der Waals surface area contributed by atoms with Crippen molar-refractivity contribution >= 4 is 29.1 Å². The normalized spacial score (nSPS) is 23.6. The maximum absolute atomic E-state index is 12.4. The van der Waals surface area contributed by atoms with E-state index in [1.807, 2.05) is 24.3 Å². The summed E-state index contributed by atoms with van der Waals surface area (Å²) in [6.07, 6.45) is 5.30. The fourth-order valence-corrected chi connectivity index (χ4v) is 3.67. The van der Waals surface area contributed by atoms with E-state index in [4.69, 9.17) is 27.9 Å². The van der Waals surface area contributed by atoms with Crippen LogP contribution in [0, 0.1) is 0 Å². The maximum Gasteiger partial charge on any atom is 0.263 e. The molecule has 23 heavy (non-hydrogen) atoms. The van der Waals surface area contributed by atoms with Crippen molar-refractivity contribution in [3.8, 4) is 5.75 Å². The fourth-order valence-electron chi connectivity index (χ4n) is 3.11. The van der Waals surface area contributed by atoms with Gasteiger partial charge in [0.1, 0.15) is 10.1 Å². The average molecular weight is 356 g/mol. The van der Waals surface area contributed by atoms with Crippen LogP contribution in [0.5, 0.6) is 5.75 Å². The molecule has 0 aliphatic heterocycles. The van der Waals surface area contributed by atoms with Crippen LogP contribution in [-0.2, 0) is 4.79 Å². The summed E-state index contributed by atoms with van der Waals surface area (Å²) in [4.78, 5) is 12.4. The summed E-state index contributed by atoms with van der Waals surface area (Å²) < 4.78 is 5.28. The molecule has 0 aromatic heterocycles. The summed E-state index contributed by atoms with van der Waals surface area (Å²) in [5, 5.41) is 3.09. The van der Waals surface area contributed by atoms with Crippen molar-refractivity contribution in [1.29, 1.82) is 0 Å². The molecule has 1 aromatic carbocycles. The maximum atomic E-state index is 12.4. The van der Waals surface area contributed by atoms with Gasteiger partial charge in [0.15, 0.2) is 5.60 Å². The molecule has 1 amide bonds. The Morgan fingerprint density at radius 2 is 1.78 bits per heavy atom. The minimum absolute atomic E-state index is 0.0591. The van der Waals surface area contributed by atoms with Crippen molar-refractivity contribution < 1.29 is 9.53 Å². The Bertz CT molecular complexity index is 577. The Morgan fingerprint density at radius 1 is 1.22 bits per heavy atom. The Balaban J connectivity index is 1.59. The van der Waals surface area contributed by atoms with Crippen LogP contribution in [0.15, 0.2) is 24.3 Å². The molecule has 126 valence electrons. The van der Waals surface area contributed by atoms with Gasteiger partial charge >= 0.3 is 0 Å². The average Bonchev–Trinajstić information content (AvgIpc) is 2.87. The topological polar surface area (TPSA) is 38.3 Å². The van der Waals surface area contributed by atoms with Gasteiger partial charge in [0, 0.05) is 12.0 Å². The number of rotatable bonds is 5. The van der Waals surface area contributed by atoms with Gasteiger partial charge in [-0.25, -0.2) is 0 Å². The molecule has 5 heteroatoms. The Kier molecular flexibility index (Phi) is 4.54. The number of nitrogens with one attached hydrogen (secondary N) is 1. The summed E-state index contributed by atoms with van der Waals surface area (Å²) in [5.74, 6) is 0.811. The summed E-state index contributed by atoms with van der Waals surface area (Å²) in [6.45, 7) is 3.60. The number of alkyl halides is 2. The van der Waals surface area contributed by atoms with Crippen LogP contribution in [0.25, 0.3) is 0 Å². The van der Waals surface area contributed by atoms with Crippen molar-refractivity contribution in [3.63, 3.8) is 0 Å². The molecule has 2 aliphatic rings. The number of carbonyl (C=O) groups excluding carboxylic acids is 1. The largest absolute Gasteiger partial charge is 0.478 e. The number of hydrogen-bond acceptors (Lipinski definition) is 2. The quantitative estimate of drug-likeness (QED) is 0.786. The van der Waals surface area contributed by atoms with E-state index in [-0.39, 0.29) is 11.8 Å². The summed E-state index contributed by atoms with van der Waals surface area (Å²) in [6, 6.07) is 7.99. The first kappa shape index (κ1) is 16.9.